The fourth-order valence-corrected chi connectivity index (χ4v) is 5.38. The molecule has 1 fully saturated rings. The molecule has 0 spiro atoms. The van der Waals surface area contributed by atoms with Crippen LogP contribution in [0.5, 0.6) is 0 Å². The molecule has 0 bridgehead atoms. The molecule has 1 aliphatic heterocycles. The van der Waals surface area contributed by atoms with Gasteiger partial charge < -0.3 is 0 Å². The molecule has 0 aromatic rings. The third-order valence-electron chi connectivity index (χ3n) is 7.53. The second kappa shape index (κ2) is 19.2. The first-order valence-corrected chi connectivity index (χ1v) is 14.5. The lowest BCUT2D eigenvalue weighted by molar-refractivity contribution is -0.145. The number of rotatable bonds is 23. The molecule has 3 nitrogen and oxygen atoms in total. The minimum Gasteiger partial charge on any atom is -0.277 e. The Bertz CT molecular complexity index is 513. The fraction of sp³-hybridized carbons (Fsp3) is 0.867. The third kappa shape index (κ3) is 13.4. The van der Waals surface area contributed by atoms with Crippen LogP contribution in [0.25, 0.3) is 0 Å². The van der Waals surface area contributed by atoms with E-state index in [0.29, 0.717) is 12.8 Å². The second-order valence-electron chi connectivity index (χ2n) is 10.7. The predicted molar refractivity (Wildman–Crippen MR) is 142 cm³/mol. The molecule has 1 rings (SSSR count). The van der Waals surface area contributed by atoms with Crippen LogP contribution in [0, 0.1) is 0 Å². The molecule has 1 aliphatic rings. The number of allylic oxidation sites excluding steroid dienone is 1. The van der Waals surface area contributed by atoms with E-state index in [0.717, 1.165) is 44.9 Å². The summed E-state index contributed by atoms with van der Waals surface area (Å²) in [5.41, 5.74) is -0.282. The zero-order valence-electron chi connectivity index (χ0n) is 22.3. The van der Waals surface area contributed by atoms with Crippen molar-refractivity contribution in [1.82, 2.24) is 4.90 Å². The molecular formula is C30H55NO2. The molecular weight excluding hydrogens is 406 g/mol. The lowest BCUT2D eigenvalue weighted by atomic mass is 9.86. The maximum atomic E-state index is 12.4. The van der Waals surface area contributed by atoms with E-state index in [-0.39, 0.29) is 17.4 Å². The Balaban J connectivity index is 2.14. The molecule has 0 N–H and O–H groups in total. The lowest BCUT2D eigenvalue weighted by Crippen LogP contribution is -2.49. The van der Waals surface area contributed by atoms with Crippen LogP contribution < -0.4 is 0 Å². The lowest BCUT2D eigenvalue weighted by Gasteiger charge is -2.38. The van der Waals surface area contributed by atoms with Crippen molar-refractivity contribution in [2.24, 2.45) is 0 Å². The highest BCUT2D eigenvalue weighted by Gasteiger charge is 2.42. The second-order valence-corrected chi connectivity index (χ2v) is 10.7. The van der Waals surface area contributed by atoms with E-state index in [2.05, 4.69) is 20.4 Å². The van der Waals surface area contributed by atoms with E-state index >= 15 is 0 Å². The highest BCUT2D eigenvalue weighted by Crippen LogP contribution is 2.33. The van der Waals surface area contributed by atoms with Crippen molar-refractivity contribution in [2.45, 2.75) is 167 Å². The standard InChI is InChI=1S/C30H55NO2/c1-4-6-8-10-11-12-13-14-15-16-17-18-19-21-23-27-30(3,26-22-20-9-7-5-2)31-28(32)24-25-29(31)33/h5H,2,4,6-27H2,1,3H3. The number of carbonyl (C=O) groups excluding carboxylic acids is 2. The van der Waals surface area contributed by atoms with Crippen molar-refractivity contribution in [3.8, 4) is 0 Å². The van der Waals surface area contributed by atoms with Crippen LogP contribution in [0.15, 0.2) is 12.7 Å². The minimum atomic E-state index is -0.282. The van der Waals surface area contributed by atoms with E-state index in [4.69, 9.17) is 0 Å². The summed E-state index contributed by atoms with van der Waals surface area (Å²) in [6.45, 7) is 8.24. The summed E-state index contributed by atoms with van der Waals surface area (Å²) in [6.07, 6.45) is 29.5. The molecule has 0 aliphatic carbocycles. The number of hydrogen-bond donors (Lipinski definition) is 0. The maximum absolute atomic E-state index is 12.4. The SMILES string of the molecule is C=CCCCCCC(C)(CCCCCCCCCCCCCCCCC)N1C(=O)CCC1=O. The van der Waals surface area contributed by atoms with Crippen molar-refractivity contribution >= 4 is 11.8 Å². The van der Waals surface area contributed by atoms with Crippen molar-refractivity contribution in [3.05, 3.63) is 12.7 Å². The molecule has 3 heteroatoms. The largest absolute Gasteiger partial charge is 0.277 e. The van der Waals surface area contributed by atoms with Gasteiger partial charge in [-0.2, -0.15) is 0 Å². The number of likely N-dealkylation sites (tertiary alicyclic amines) is 1. The van der Waals surface area contributed by atoms with E-state index in [9.17, 15) is 9.59 Å². The van der Waals surface area contributed by atoms with Crippen molar-refractivity contribution in [2.75, 3.05) is 0 Å². The van der Waals surface area contributed by atoms with Gasteiger partial charge in [0.15, 0.2) is 0 Å². The molecule has 1 atom stereocenters. The van der Waals surface area contributed by atoms with Gasteiger partial charge >= 0.3 is 0 Å². The van der Waals surface area contributed by atoms with E-state index in [1.54, 1.807) is 4.90 Å². The Labute approximate surface area is 206 Å². The average Bonchev–Trinajstić information content (AvgIpc) is 3.15. The number of hydrogen-bond acceptors (Lipinski definition) is 2. The molecule has 0 radical (unpaired) electrons. The molecule has 0 saturated carbocycles. The molecule has 2 amide bonds. The first-order chi connectivity index (χ1) is 16.0. The van der Waals surface area contributed by atoms with Gasteiger partial charge in [0.25, 0.3) is 0 Å². The topological polar surface area (TPSA) is 37.4 Å². The van der Waals surface area contributed by atoms with Crippen LogP contribution in [-0.4, -0.2) is 22.3 Å². The Kier molecular flexibility index (Phi) is 17.4. The van der Waals surface area contributed by atoms with Gasteiger partial charge in [-0.05, 0) is 32.6 Å². The van der Waals surface area contributed by atoms with E-state index < -0.39 is 0 Å². The van der Waals surface area contributed by atoms with Crippen LogP contribution in [-0.2, 0) is 9.59 Å². The summed E-state index contributed by atoms with van der Waals surface area (Å²) >= 11 is 0. The normalized spacial score (nSPS) is 15.9. The Morgan fingerprint density at radius 2 is 1.03 bits per heavy atom. The Morgan fingerprint density at radius 3 is 1.42 bits per heavy atom. The van der Waals surface area contributed by atoms with Crippen LogP contribution in [0.2, 0.25) is 0 Å². The van der Waals surface area contributed by atoms with Gasteiger partial charge in [0.2, 0.25) is 11.8 Å². The van der Waals surface area contributed by atoms with Gasteiger partial charge in [0.05, 0.1) is 0 Å². The Morgan fingerprint density at radius 1 is 0.667 bits per heavy atom. The van der Waals surface area contributed by atoms with Crippen LogP contribution in [0.1, 0.15) is 162 Å². The van der Waals surface area contributed by atoms with Crippen molar-refractivity contribution in [3.63, 3.8) is 0 Å². The van der Waals surface area contributed by atoms with Gasteiger partial charge in [-0.25, -0.2) is 0 Å². The molecule has 1 saturated heterocycles. The molecule has 0 aromatic heterocycles. The summed E-state index contributed by atoms with van der Waals surface area (Å²) in [4.78, 5) is 26.5. The zero-order chi connectivity index (χ0) is 24.2. The number of carbonyl (C=O) groups is 2. The predicted octanol–water partition coefficient (Wildman–Crippen LogP) is 9.29. The molecule has 33 heavy (non-hydrogen) atoms. The number of amides is 2. The Hall–Kier alpha value is -1.12. The van der Waals surface area contributed by atoms with Gasteiger partial charge in [-0.3, -0.25) is 14.5 Å². The summed E-state index contributed by atoms with van der Waals surface area (Å²) in [5, 5.41) is 0. The van der Waals surface area contributed by atoms with Crippen LogP contribution in [0.4, 0.5) is 0 Å². The smallest absolute Gasteiger partial charge is 0.230 e. The van der Waals surface area contributed by atoms with Gasteiger partial charge in [-0.15, -0.1) is 6.58 Å². The van der Waals surface area contributed by atoms with Crippen LogP contribution in [0.3, 0.4) is 0 Å². The number of imide groups is 1. The first-order valence-electron chi connectivity index (χ1n) is 14.5. The molecule has 192 valence electrons. The molecule has 0 aromatic carbocycles. The van der Waals surface area contributed by atoms with Crippen molar-refractivity contribution < 1.29 is 9.59 Å². The van der Waals surface area contributed by atoms with Crippen molar-refractivity contribution in [1.29, 1.82) is 0 Å². The fourth-order valence-electron chi connectivity index (χ4n) is 5.38. The monoisotopic (exact) mass is 461 g/mol. The van der Waals surface area contributed by atoms with Gasteiger partial charge in [-0.1, -0.05) is 122 Å². The van der Waals surface area contributed by atoms with Crippen LogP contribution >= 0.6 is 0 Å². The summed E-state index contributed by atoms with van der Waals surface area (Å²) in [7, 11) is 0. The number of nitrogens with zero attached hydrogens (tertiary/aromatic N) is 1. The highest BCUT2D eigenvalue weighted by atomic mass is 16.2. The summed E-state index contributed by atoms with van der Waals surface area (Å²) in [5.74, 6) is 0.101. The molecule has 1 heterocycles. The molecule has 1 unspecified atom stereocenters. The quantitative estimate of drug-likeness (QED) is 0.0863. The number of unbranched alkanes of at least 4 members (excludes halogenated alkanes) is 17. The van der Waals surface area contributed by atoms with E-state index in [1.807, 2.05) is 6.08 Å². The zero-order valence-corrected chi connectivity index (χ0v) is 22.3. The minimum absolute atomic E-state index is 0.0505. The van der Waals surface area contributed by atoms with Gasteiger partial charge in [0, 0.05) is 18.4 Å². The average molecular weight is 462 g/mol. The maximum Gasteiger partial charge on any atom is 0.230 e. The first kappa shape index (κ1) is 29.9. The third-order valence-corrected chi connectivity index (χ3v) is 7.53. The van der Waals surface area contributed by atoms with Gasteiger partial charge in [0.1, 0.15) is 0 Å². The highest BCUT2D eigenvalue weighted by molar-refractivity contribution is 6.02. The summed E-state index contributed by atoms with van der Waals surface area (Å²) in [6, 6.07) is 0. The van der Waals surface area contributed by atoms with E-state index in [1.165, 1.54) is 89.9 Å². The summed E-state index contributed by atoms with van der Waals surface area (Å²) < 4.78 is 0.